The fourth-order valence-electron chi connectivity index (χ4n) is 2.41. The Morgan fingerprint density at radius 2 is 1.92 bits per heavy atom. The minimum Gasteiger partial charge on any atom is -0.481 e. The largest absolute Gasteiger partial charge is 0.481 e. The van der Waals surface area contributed by atoms with E-state index in [1.54, 1.807) is 6.07 Å². The second-order valence-corrected chi connectivity index (χ2v) is 5.92. The summed E-state index contributed by atoms with van der Waals surface area (Å²) in [7, 11) is 1.43. The molecule has 0 amide bonds. The van der Waals surface area contributed by atoms with Gasteiger partial charge in [-0.2, -0.15) is 9.61 Å². The first-order valence-electron chi connectivity index (χ1n) is 7.03. The Bertz CT molecular complexity index is 980. The van der Waals surface area contributed by atoms with Gasteiger partial charge in [0, 0.05) is 36.0 Å². The van der Waals surface area contributed by atoms with Crippen molar-refractivity contribution < 1.29 is 19.4 Å². The lowest BCUT2D eigenvalue weighted by Crippen LogP contribution is -2.08. The fourth-order valence-corrected chi connectivity index (χ4v) is 2.91. The molecule has 3 heterocycles. The molecule has 1 N–H and O–H groups in total. The summed E-state index contributed by atoms with van der Waals surface area (Å²) in [4.78, 5) is 27.8. The molecular weight excluding hydrogens is 369 g/mol. The predicted molar refractivity (Wildman–Crippen MR) is 91.0 cm³/mol. The number of fused-ring (bicyclic) bond motifs is 1. The van der Waals surface area contributed by atoms with E-state index < -0.39 is 5.97 Å². The minimum atomic E-state index is -1.20. The number of hydrogen-bond donors (Lipinski definition) is 1. The van der Waals surface area contributed by atoms with Gasteiger partial charge in [0.05, 0.1) is 22.7 Å². The molecule has 0 saturated heterocycles. The van der Waals surface area contributed by atoms with E-state index in [0.717, 1.165) is 0 Å². The van der Waals surface area contributed by atoms with Crippen LogP contribution in [0.1, 0.15) is 26.4 Å². The van der Waals surface area contributed by atoms with Crippen molar-refractivity contribution in [2.24, 2.45) is 0 Å². The fraction of sp³-hybridized carbons (Fsp3) is 0.125. The molecular formula is C16H11Cl2N3O4. The third-order valence-corrected chi connectivity index (χ3v) is 4.26. The summed E-state index contributed by atoms with van der Waals surface area (Å²) in [6.45, 7) is 0. The number of carbonyl (C=O) groups is 2. The molecule has 25 heavy (non-hydrogen) atoms. The smallest absolute Gasteiger partial charge is 0.356 e. The van der Waals surface area contributed by atoms with Gasteiger partial charge < -0.3 is 9.84 Å². The highest BCUT2D eigenvalue weighted by atomic mass is 35.5. The highest BCUT2D eigenvalue weighted by Crippen LogP contribution is 2.26. The molecule has 0 bridgehead atoms. The Morgan fingerprint density at radius 1 is 1.24 bits per heavy atom. The number of carbonyl (C=O) groups excluding carboxylic acids is 1. The van der Waals surface area contributed by atoms with Crippen LogP contribution in [0.3, 0.4) is 0 Å². The number of aromatic carboxylic acids is 1. The van der Waals surface area contributed by atoms with Crippen molar-refractivity contribution in [1.82, 2.24) is 14.6 Å². The van der Waals surface area contributed by atoms with Crippen LogP contribution in [0.2, 0.25) is 10.0 Å². The Kier molecular flexibility index (Phi) is 4.61. The molecule has 9 heteroatoms. The number of carboxylic acids is 1. The lowest BCUT2D eigenvalue weighted by Gasteiger charge is -2.09. The molecule has 0 aliphatic rings. The van der Waals surface area contributed by atoms with Crippen molar-refractivity contribution in [2.45, 2.75) is 6.42 Å². The maximum Gasteiger partial charge on any atom is 0.356 e. The number of rotatable bonds is 5. The maximum atomic E-state index is 12.7. The van der Waals surface area contributed by atoms with E-state index in [1.807, 2.05) is 0 Å². The van der Waals surface area contributed by atoms with Crippen molar-refractivity contribution in [1.29, 1.82) is 0 Å². The lowest BCUT2D eigenvalue weighted by molar-refractivity contribution is 0.0689. The zero-order valence-corrected chi connectivity index (χ0v) is 14.4. The number of carboxylic acid groups (broad SMARTS) is 1. The predicted octanol–water partition coefficient (Wildman–Crippen LogP) is 3.17. The van der Waals surface area contributed by atoms with Crippen molar-refractivity contribution in [3.63, 3.8) is 0 Å². The van der Waals surface area contributed by atoms with Crippen LogP contribution in [0.25, 0.3) is 5.52 Å². The first-order chi connectivity index (χ1) is 11.9. The number of pyridine rings is 2. The van der Waals surface area contributed by atoms with Crippen LogP contribution in [-0.4, -0.2) is 38.6 Å². The van der Waals surface area contributed by atoms with Crippen LogP contribution >= 0.6 is 23.2 Å². The topological polar surface area (TPSA) is 93.8 Å². The highest BCUT2D eigenvalue weighted by Gasteiger charge is 2.20. The number of hydrogen-bond acceptors (Lipinski definition) is 5. The van der Waals surface area contributed by atoms with Crippen molar-refractivity contribution >= 4 is 40.5 Å². The summed E-state index contributed by atoms with van der Waals surface area (Å²) < 4.78 is 6.43. The van der Waals surface area contributed by atoms with Crippen LogP contribution < -0.4 is 4.74 Å². The van der Waals surface area contributed by atoms with Gasteiger partial charge in [-0.3, -0.25) is 9.78 Å². The molecule has 3 rings (SSSR count). The molecule has 7 nitrogen and oxygen atoms in total. The van der Waals surface area contributed by atoms with Gasteiger partial charge in [0.2, 0.25) is 5.88 Å². The van der Waals surface area contributed by atoms with Crippen molar-refractivity contribution in [3.05, 3.63) is 57.5 Å². The second kappa shape index (κ2) is 6.70. The van der Waals surface area contributed by atoms with Gasteiger partial charge in [-0.05, 0) is 12.1 Å². The molecule has 0 fully saturated rings. The van der Waals surface area contributed by atoms with E-state index in [9.17, 15) is 9.59 Å². The molecule has 0 saturated carbocycles. The average molecular weight is 380 g/mol. The molecule has 3 aromatic heterocycles. The number of nitrogens with zero attached hydrogens (tertiary/aromatic N) is 3. The summed E-state index contributed by atoms with van der Waals surface area (Å²) in [5.41, 5.74) is 0.863. The van der Waals surface area contributed by atoms with Gasteiger partial charge in [-0.15, -0.1) is 0 Å². The molecule has 0 aliphatic heterocycles. The molecule has 0 spiro atoms. The Balaban J connectivity index is 2.09. The minimum absolute atomic E-state index is 0.0598. The third kappa shape index (κ3) is 3.16. The van der Waals surface area contributed by atoms with Gasteiger partial charge >= 0.3 is 5.97 Å². The van der Waals surface area contributed by atoms with Gasteiger partial charge in [0.15, 0.2) is 11.5 Å². The van der Waals surface area contributed by atoms with E-state index in [2.05, 4.69) is 10.1 Å². The third-order valence-electron chi connectivity index (χ3n) is 3.60. The summed E-state index contributed by atoms with van der Waals surface area (Å²) in [5, 5.41) is 13.7. The summed E-state index contributed by atoms with van der Waals surface area (Å²) >= 11 is 12.1. The van der Waals surface area contributed by atoms with E-state index in [4.69, 9.17) is 33.0 Å². The SMILES string of the molecule is COc1ccc(C(=O)Cc2c(Cl)cncc2Cl)c2cc(C(=O)O)nn12. The standard InChI is InChI=1S/C16H11Cl2N3O4/c1-25-15-3-2-8(13-5-12(16(23)24)20-21(13)15)14(22)4-9-10(17)6-19-7-11(9)18/h2-3,5-7H,4H2,1H3,(H,23,24). The second-order valence-electron chi connectivity index (χ2n) is 5.10. The van der Waals surface area contributed by atoms with E-state index >= 15 is 0 Å². The molecule has 0 atom stereocenters. The van der Waals surface area contributed by atoms with Crippen molar-refractivity contribution in [2.75, 3.05) is 7.11 Å². The highest BCUT2D eigenvalue weighted by molar-refractivity contribution is 6.36. The number of ketones is 1. The maximum absolute atomic E-state index is 12.7. The van der Waals surface area contributed by atoms with E-state index in [0.29, 0.717) is 17.0 Å². The van der Waals surface area contributed by atoms with Crippen molar-refractivity contribution in [3.8, 4) is 5.88 Å². The Labute approximate surface area is 151 Å². The first kappa shape index (κ1) is 17.2. The zero-order valence-electron chi connectivity index (χ0n) is 12.9. The molecule has 3 aromatic rings. The van der Waals surface area contributed by atoms with Gasteiger partial charge in [0.1, 0.15) is 0 Å². The van der Waals surface area contributed by atoms with Crippen LogP contribution in [0, 0.1) is 0 Å². The Morgan fingerprint density at radius 3 is 2.52 bits per heavy atom. The number of halogens is 2. The normalized spacial score (nSPS) is 10.8. The number of aromatic nitrogens is 3. The molecule has 0 unspecified atom stereocenters. The van der Waals surface area contributed by atoms with E-state index in [-0.39, 0.29) is 33.5 Å². The van der Waals surface area contributed by atoms with Crippen LogP contribution in [0.4, 0.5) is 0 Å². The number of ether oxygens (including phenoxy) is 1. The monoisotopic (exact) mass is 379 g/mol. The van der Waals surface area contributed by atoms with E-state index in [1.165, 1.54) is 36.2 Å². The van der Waals surface area contributed by atoms with Crippen LogP contribution in [0.5, 0.6) is 5.88 Å². The lowest BCUT2D eigenvalue weighted by atomic mass is 10.0. The molecule has 0 aromatic carbocycles. The number of Topliss-reactive ketones (excluding diaryl/α,β-unsaturated/α-hetero) is 1. The quantitative estimate of drug-likeness (QED) is 0.684. The average Bonchev–Trinajstić information content (AvgIpc) is 3.02. The van der Waals surface area contributed by atoms with Crippen LogP contribution in [0.15, 0.2) is 30.6 Å². The van der Waals surface area contributed by atoms with Gasteiger partial charge in [-0.25, -0.2) is 4.79 Å². The molecule has 0 aliphatic carbocycles. The first-order valence-corrected chi connectivity index (χ1v) is 7.79. The molecule has 128 valence electrons. The summed E-state index contributed by atoms with van der Waals surface area (Å²) in [6.07, 6.45) is 2.75. The van der Waals surface area contributed by atoms with Crippen LogP contribution in [-0.2, 0) is 6.42 Å². The summed E-state index contributed by atoms with van der Waals surface area (Å²) in [5.74, 6) is -1.19. The molecule has 0 radical (unpaired) electrons. The Hall–Kier alpha value is -2.64. The van der Waals surface area contributed by atoms with Gasteiger partial charge in [0.25, 0.3) is 0 Å². The number of methoxy groups -OCH3 is 1. The zero-order chi connectivity index (χ0) is 18.1. The van der Waals surface area contributed by atoms with Gasteiger partial charge in [-0.1, -0.05) is 23.2 Å². The summed E-state index contributed by atoms with van der Waals surface area (Å²) in [6, 6.07) is 4.40.